The van der Waals surface area contributed by atoms with Gasteiger partial charge >= 0.3 is 6.03 Å². The number of aromatic nitrogens is 2. The second-order valence-corrected chi connectivity index (χ2v) is 7.55. The molecule has 1 N–H and O–H groups in total. The van der Waals surface area contributed by atoms with E-state index in [4.69, 9.17) is 9.47 Å². The van der Waals surface area contributed by atoms with Gasteiger partial charge in [0.25, 0.3) is 0 Å². The number of hydrogen-bond acceptors (Lipinski definition) is 6. The Bertz CT molecular complexity index is 1120. The fourth-order valence-electron chi connectivity index (χ4n) is 4.14. The first-order valence-electron chi connectivity index (χ1n) is 10.5. The number of nitrogens with zero attached hydrogens (tertiary/aromatic N) is 4. The minimum Gasteiger partial charge on any atom is -0.496 e. The molecule has 2 amide bonds. The van der Waals surface area contributed by atoms with Crippen LogP contribution in [-0.4, -0.2) is 36.8 Å². The number of carbonyl (C=O) groups excluding carboxylic acids is 1. The average Bonchev–Trinajstić information content (AvgIpc) is 2.80. The Morgan fingerprint density at radius 2 is 1.72 bits per heavy atom. The molecule has 0 radical (unpaired) electrons. The normalized spacial score (nSPS) is 13.1. The first-order valence-corrected chi connectivity index (χ1v) is 10.5. The Morgan fingerprint density at radius 1 is 1.06 bits per heavy atom. The molecule has 0 saturated heterocycles. The molecule has 4 rings (SSSR count). The van der Waals surface area contributed by atoms with Crippen molar-refractivity contribution < 1.29 is 14.3 Å². The van der Waals surface area contributed by atoms with Crippen LogP contribution >= 0.6 is 0 Å². The third-order valence-electron chi connectivity index (χ3n) is 5.73. The molecule has 2 aromatic heterocycles. The highest BCUT2D eigenvalue weighted by Gasteiger charge is 2.33. The molecule has 1 aliphatic heterocycles. The number of ether oxygens (including phenoxy) is 2. The van der Waals surface area contributed by atoms with E-state index in [9.17, 15) is 4.79 Å². The molecule has 32 heavy (non-hydrogen) atoms. The number of hydrogen-bond donors (Lipinski definition) is 1. The molecule has 1 aliphatic rings. The lowest BCUT2D eigenvalue weighted by Gasteiger charge is -2.38. The molecular weight excluding hydrogens is 406 g/mol. The van der Waals surface area contributed by atoms with Crippen LogP contribution in [0.4, 0.5) is 27.7 Å². The van der Waals surface area contributed by atoms with Crippen molar-refractivity contribution in [2.45, 2.75) is 27.3 Å². The van der Waals surface area contributed by atoms with Gasteiger partial charge in [-0.2, -0.15) is 0 Å². The van der Waals surface area contributed by atoms with E-state index >= 15 is 0 Å². The fraction of sp³-hybridized carbons (Fsp3) is 0.292. The van der Waals surface area contributed by atoms with Crippen LogP contribution in [0, 0.1) is 13.8 Å². The molecule has 1 aromatic carbocycles. The molecule has 0 bridgehead atoms. The summed E-state index contributed by atoms with van der Waals surface area (Å²) in [7, 11) is 3.24. The number of fused-ring (bicyclic) bond motifs is 1. The Morgan fingerprint density at radius 3 is 2.31 bits per heavy atom. The zero-order valence-electron chi connectivity index (χ0n) is 19.0. The number of benzene rings is 1. The van der Waals surface area contributed by atoms with E-state index in [-0.39, 0.29) is 6.03 Å². The van der Waals surface area contributed by atoms with Crippen LogP contribution in [0.15, 0.2) is 42.9 Å². The first-order chi connectivity index (χ1) is 15.5. The summed E-state index contributed by atoms with van der Waals surface area (Å²) in [6.45, 7) is 6.82. The topological polar surface area (TPSA) is 79.8 Å². The van der Waals surface area contributed by atoms with Crippen LogP contribution < -0.4 is 24.6 Å². The van der Waals surface area contributed by atoms with Gasteiger partial charge in [-0.1, -0.05) is 0 Å². The van der Waals surface area contributed by atoms with E-state index in [1.807, 2.05) is 51.2 Å². The van der Waals surface area contributed by atoms with Gasteiger partial charge in [-0.05, 0) is 32.9 Å². The number of urea groups is 1. The minimum atomic E-state index is -0.0948. The molecule has 0 unspecified atom stereocenters. The smallest absolute Gasteiger partial charge is 0.329 e. The van der Waals surface area contributed by atoms with Crippen molar-refractivity contribution in [1.29, 1.82) is 0 Å². The van der Waals surface area contributed by atoms with Crippen molar-refractivity contribution in [2.75, 3.05) is 35.9 Å². The van der Waals surface area contributed by atoms with Crippen LogP contribution in [0.1, 0.15) is 23.6 Å². The molecule has 0 spiro atoms. The standard InChI is InChI=1S/C24H27N5O3/c1-6-28-19-11-22(27-18-7-9-25-10-8-18)26-13-17(19)14-29(24(28)30)23-15(2)20(31-4)12-21(32-5)16(23)3/h7-13H,6,14H2,1-5H3,(H,25,26,27). The van der Waals surface area contributed by atoms with Crippen molar-refractivity contribution >= 4 is 28.9 Å². The van der Waals surface area contributed by atoms with Gasteiger partial charge in [0.05, 0.1) is 32.1 Å². The molecule has 166 valence electrons. The van der Waals surface area contributed by atoms with E-state index in [2.05, 4.69) is 15.3 Å². The van der Waals surface area contributed by atoms with Crippen LogP contribution in [0.2, 0.25) is 0 Å². The lowest BCUT2D eigenvalue weighted by molar-refractivity contribution is 0.250. The number of rotatable bonds is 6. The van der Waals surface area contributed by atoms with E-state index < -0.39 is 0 Å². The molecule has 3 aromatic rings. The van der Waals surface area contributed by atoms with Crippen molar-refractivity contribution in [3.63, 3.8) is 0 Å². The summed E-state index contributed by atoms with van der Waals surface area (Å²) < 4.78 is 11.1. The first kappa shape index (κ1) is 21.4. The summed E-state index contributed by atoms with van der Waals surface area (Å²) in [5, 5.41) is 3.27. The molecule has 8 nitrogen and oxygen atoms in total. The molecule has 0 saturated carbocycles. The number of methoxy groups -OCH3 is 2. The van der Waals surface area contributed by atoms with Gasteiger partial charge in [-0.3, -0.25) is 14.8 Å². The molecule has 8 heteroatoms. The van der Waals surface area contributed by atoms with Gasteiger partial charge in [0, 0.05) is 59.6 Å². The maximum atomic E-state index is 13.6. The molecular formula is C24H27N5O3. The van der Waals surface area contributed by atoms with Crippen molar-refractivity contribution in [3.05, 3.63) is 59.5 Å². The molecule has 0 fully saturated rings. The average molecular weight is 434 g/mol. The third kappa shape index (κ3) is 3.68. The summed E-state index contributed by atoms with van der Waals surface area (Å²) in [5.41, 5.74) is 5.28. The number of pyridine rings is 2. The molecule has 0 aliphatic carbocycles. The highest BCUT2D eigenvalue weighted by Crippen LogP contribution is 2.42. The fourth-order valence-corrected chi connectivity index (χ4v) is 4.14. The Hall–Kier alpha value is -3.81. The molecule has 0 atom stereocenters. The monoisotopic (exact) mass is 433 g/mol. The van der Waals surface area contributed by atoms with Gasteiger partial charge < -0.3 is 14.8 Å². The number of anilines is 4. The van der Waals surface area contributed by atoms with Gasteiger partial charge in [0.1, 0.15) is 17.3 Å². The van der Waals surface area contributed by atoms with E-state index in [0.29, 0.717) is 30.4 Å². The maximum absolute atomic E-state index is 13.6. The van der Waals surface area contributed by atoms with Crippen molar-refractivity contribution in [1.82, 2.24) is 9.97 Å². The largest absolute Gasteiger partial charge is 0.496 e. The summed E-state index contributed by atoms with van der Waals surface area (Å²) in [5.74, 6) is 2.03. The summed E-state index contributed by atoms with van der Waals surface area (Å²) in [6.07, 6.45) is 5.25. The second kappa shape index (κ2) is 8.74. The van der Waals surface area contributed by atoms with E-state index in [1.165, 1.54) is 0 Å². The zero-order valence-corrected chi connectivity index (χ0v) is 19.0. The highest BCUT2D eigenvalue weighted by molar-refractivity contribution is 6.07. The summed E-state index contributed by atoms with van der Waals surface area (Å²) in [4.78, 5) is 25.8. The number of nitrogens with one attached hydrogen (secondary N) is 1. The number of amides is 2. The maximum Gasteiger partial charge on any atom is 0.329 e. The molecule has 3 heterocycles. The lowest BCUT2D eigenvalue weighted by atomic mass is 10.0. The quantitative estimate of drug-likeness (QED) is 0.600. The van der Waals surface area contributed by atoms with Crippen LogP contribution in [0.5, 0.6) is 11.5 Å². The lowest BCUT2D eigenvalue weighted by Crippen LogP contribution is -2.48. The van der Waals surface area contributed by atoms with Gasteiger partial charge in [-0.15, -0.1) is 0 Å². The summed E-state index contributed by atoms with van der Waals surface area (Å²) in [6, 6.07) is 7.41. The Balaban J connectivity index is 1.76. The van der Waals surface area contributed by atoms with Gasteiger partial charge in [0.2, 0.25) is 0 Å². The minimum absolute atomic E-state index is 0.0948. The Labute approximate surface area is 187 Å². The van der Waals surface area contributed by atoms with Crippen molar-refractivity contribution in [2.24, 2.45) is 0 Å². The SMILES string of the molecule is CCN1C(=O)N(c2c(C)c(OC)cc(OC)c2C)Cc2cnc(Nc3ccncc3)cc21. The summed E-state index contributed by atoms with van der Waals surface area (Å²) >= 11 is 0. The van der Waals surface area contributed by atoms with Crippen LogP contribution in [0.3, 0.4) is 0 Å². The highest BCUT2D eigenvalue weighted by atomic mass is 16.5. The van der Waals surface area contributed by atoms with E-state index in [0.717, 1.165) is 33.8 Å². The van der Waals surface area contributed by atoms with Gasteiger partial charge in [-0.25, -0.2) is 9.78 Å². The second-order valence-electron chi connectivity index (χ2n) is 7.55. The third-order valence-corrected chi connectivity index (χ3v) is 5.73. The predicted molar refractivity (Wildman–Crippen MR) is 125 cm³/mol. The van der Waals surface area contributed by atoms with Crippen LogP contribution in [0.25, 0.3) is 0 Å². The van der Waals surface area contributed by atoms with Gasteiger partial charge in [0.15, 0.2) is 0 Å². The van der Waals surface area contributed by atoms with Crippen LogP contribution in [-0.2, 0) is 6.54 Å². The number of carbonyl (C=O) groups is 1. The zero-order chi connectivity index (χ0) is 22.8. The predicted octanol–water partition coefficient (Wildman–Crippen LogP) is 4.82. The van der Waals surface area contributed by atoms with Crippen molar-refractivity contribution in [3.8, 4) is 11.5 Å². The Kier molecular flexibility index (Phi) is 5.85. The van der Waals surface area contributed by atoms with E-state index in [1.54, 1.807) is 36.4 Å².